The van der Waals surface area contributed by atoms with Crippen molar-refractivity contribution in [1.82, 2.24) is 19.5 Å². The summed E-state index contributed by atoms with van der Waals surface area (Å²) in [5, 5.41) is 3.03. The number of nitrogens with zero attached hydrogens (tertiary/aromatic N) is 2. The number of carbonyl (C=O) groups is 2. The number of aromatic amines is 1. The molecular formula is C22H36N4O4S. The molecule has 0 radical (unpaired) electrons. The quantitative estimate of drug-likeness (QED) is 0.693. The molecule has 0 unspecified atom stereocenters. The highest BCUT2D eigenvalue weighted by molar-refractivity contribution is 7.89. The SMILES string of the molecule is CCC(C)(C)NC(=O)[C@@H]1CCCN(S(=O)(=O)c2c[nH]c(C(=O)N3CCCCCC3)c2)C1. The van der Waals surface area contributed by atoms with Gasteiger partial charge in [0, 0.05) is 37.9 Å². The smallest absolute Gasteiger partial charge is 0.270 e. The van der Waals surface area contributed by atoms with E-state index in [1.165, 1.54) is 16.6 Å². The van der Waals surface area contributed by atoms with Crippen LogP contribution in [-0.2, 0) is 14.8 Å². The second-order valence-corrected chi connectivity index (χ2v) is 11.3. The molecule has 174 valence electrons. The third-order valence-electron chi connectivity index (χ3n) is 6.52. The van der Waals surface area contributed by atoms with Crippen LogP contribution in [-0.4, -0.2) is 66.1 Å². The molecule has 8 nitrogen and oxygen atoms in total. The standard InChI is InChI=1S/C22H36N4O4S/c1-4-22(2,3)24-20(27)17-10-9-13-26(16-17)31(29,30)18-14-19(23-15-18)21(28)25-11-7-5-6-8-12-25/h14-15,17,23H,4-13,16H2,1-3H3,(H,24,27)/t17-/m1/s1. The first-order valence-corrected chi connectivity index (χ1v) is 12.9. The highest BCUT2D eigenvalue weighted by Gasteiger charge is 2.35. The Morgan fingerprint density at radius 2 is 1.81 bits per heavy atom. The van der Waals surface area contributed by atoms with Crippen LogP contribution in [0.2, 0.25) is 0 Å². The molecule has 0 aromatic carbocycles. The molecule has 31 heavy (non-hydrogen) atoms. The molecule has 2 N–H and O–H groups in total. The summed E-state index contributed by atoms with van der Waals surface area (Å²) in [6.07, 6.45) is 7.68. The van der Waals surface area contributed by atoms with Crippen molar-refractivity contribution in [2.45, 2.75) is 76.2 Å². The van der Waals surface area contributed by atoms with Crippen LogP contribution in [0.5, 0.6) is 0 Å². The molecular weight excluding hydrogens is 416 g/mol. The van der Waals surface area contributed by atoms with E-state index in [9.17, 15) is 18.0 Å². The maximum atomic E-state index is 13.2. The number of nitrogens with one attached hydrogen (secondary N) is 2. The van der Waals surface area contributed by atoms with E-state index in [4.69, 9.17) is 0 Å². The maximum absolute atomic E-state index is 13.2. The molecule has 2 fully saturated rings. The number of aromatic nitrogens is 1. The van der Waals surface area contributed by atoms with Crippen LogP contribution in [0.3, 0.4) is 0 Å². The van der Waals surface area contributed by atoms with Crippen molar-refractivity contribution < 1.29 is 18.0 Å². The minimum atomic E-state index is -3.78. The normalized spacial score (nSPS) is 21.5. The zero-order chi connectivity index (χ0) is 22.6. The molecule has 3 rings (SSSR count). The summed E-state index contributed by atoms with van der Waals surface area (Å²) in [4.78, 5) is 30.2. The van der Waals surface area contributed by atoms with Gasteiger partial charge in [0.25, 0.3) is 5.91 Å². The van der Waals surface area contributed by atoms with Crippen LogP contribution in [0.1, 0.15) is 76.2 Å². The zero-order valence-corrected chi connectivity index (χ0v) is 19.8. The molecule has 3 heterocycles. The highest BCUT2D eigenvalue weighted by Crippen LogP contribution is 2.25. The summed E-state index contributed by atoms with van der Waals surface area (Å²) in [5.41, 5.74) is -0.0157. The second kappa shape index (κ2) is 9.73. The average Bonchev–Trinajstić information content (AvgIpc) is 3.10. The Labute approximate surface area is 185 Å². The number of H-pyrrole nitrogens is 1. The van der Waals surface area contributed by atoms with Gasteiger partial charge in [-0.1, -0.05) is 19.8 Å². The molecule has 2 amide bonds. The molecule has 0 saturated carbocycles. The topological polar surface area (TPSA) is 103 Å². The van der Waals surface area contributed by atoms with Gasteiger partial charge in [-0.3, -0.25) is 9.59 Å². The van der Waals surface area contributed by atoms with E-state index in [1.54, 1.807) is 4.90 Å². The maximum Gasteiger partial charge on any atom is 0.270 e. The van der Waals surface area contributed by atoms with Crippen molar-refractivity contribution in [3.8, 4) is 0 Å². The van der Waals surface area contributed by atoms with E-state index in [-0.39, 0.29) is 34.7 Å². The van der Waals surface area contributed by atoms with Gasteiger partial charge in [-0.25, -0.2) is 8.42 Å². The van der Waals surface area contributed by atoms with Crippen LogP contribution in [0.4, 0.5) is 0 Å². The van der Waals surface area contributed by atoms with Gasteiger partial charge in [0.2, 0.25) is 15.9 Å². The van der Waals surface area contributed by atoms with Gasteiger partial charge in [0.1, 0.15) is 10.6 Å². The lowest BCUT2D eigenvalue weighted by Gasteiger charge is -2.33. The molecule has 1 atom stereocenters. The van der Waals surface area contributed by atoms with Gasteiger partial charge in [-0.2, -0.15) is 4.31 Å². The number of rotatable bonds is 6. The molecule has 0 aliphatic carbocycles. The predicted octanol–water partition coefficient (Wildman–Crippen LogP) is 2.74. The van der Waals surface area contributed by atoms with Crippen LogP contribution in [0.25, 0.3) is 0 Å². The summed E-state index contributed by atoms with van der Waals surface area (Å²) in [7, 11) is -3.78. The fourth-order valence-electron chi connectivity index (χ4n) is 4.14. The third-order valence-corrected chi connectivity index (χ3v) is 8.36. The summed E-state index contributed by atoms with van der Waals surface area (Å²) in [6, 6.07) is 1.44. The van der Waals surface area contributed by atoms with Crippen LogP contribution in [0.15, 0.2) is 17.2 Å². The van der Waals surface area contributed by atoms with Gasteiger partial charge >= 0.3 is 0 Å². The minimum absolute atomic E-state index is 0.0839. The van der Waals surface area contributed by atoms with Gasteiger partial charge in [-0.15, -0.1) is 0 Å². The molecule has 2 aliphatic rings. The summed E-state index contributed by atoms with van der Waals surface area (Å²) >= 11 is 0. The Morgan fingerprint density at radius 3 is 2.45 bits per heavy atom. The number of amides is 2. The van der Waals surface area contributed by atoms with Crippen molar-refractivity contribution >= 4 is 21.8 Å². The number of carbonyl (C=O) groups excluding carboxylic acids is 2. The van der Waals surface area contributed by atoms with Crippen molar-refractivity contribution in [3.05, 3.63) is 18.0 Å². The summed E-state index contributed by atoms with van der Waals surface area (Å²) in [6.45, 7) is 7.89. The van der Waals surface area contributed by atoms with Crippen LogP contribution in [0, 0.1) is 5.92 Å². The minimum Gasteiger partial charge on any atom is -0.356 e. The van der Waals surface area contributed by atoms with Crippen molar-refractivity contribution in [1.29, 1.82) is 0 Å². The third kappa shape index (κ3) is 5.68. The van der Waals surface area contributed by atoms with E-state index in [1.807, 2.05) is 20.8 Å². The lowest BCUT2D eigenvalue weighted by Crippen LogP contribution is -2.50. The van der Waals surface area contributed by atoms with Crippen molar-refractivity contribution in [2.24, 2.45) is 5.92 Å². The molecule has 0 bridgehead atoms. The van der Waals surface area contributed by atoms with Crippen molar-refractivity contribution in [3.63, 3.8) is 0 Å². The Kier molecular flexibility index (Phi) is 7.47. The Morgan fingerprint density at radius 1 is 1.13 bits per heavy atom. The van der Waals surface area contributed by atoms with Crippen LogP contribution >= 0.6 is 0 Å². The molecule has 0 spiro atoms. The fraction of sp³-hybridized carbons (Fsp3) is 0.727. The first-order valence-electron chi connectivity index (χ1n) is 11.4. The predicted molar refractivity (Wildman–Crippen MR) is 119 cm³/mol. The first kappa shape index (κ1) is 23.8. The molecule has 2 aliphatic heterocycles. The van der Waals surface area contributed by atoms with E-state index in [0.717, 1.165) is 32.1 Å². The number of piperidine rings is 1. The van der Waals surface area contributed by atoms with E-state index < -0.39 is 10.0 Å². The van der Waals surface area contributed by atoms with Gasteiger partial charge in [-0.05, 0) is 52.0 Å². The number of hydrogen-bond acceptors (Lipinski definition) is 4. The lowest BCUT2D eigenvalue weighted by molar-refractivity contribution is -0.127. The second-order valence-electron chi connectivity index (χ2n) is 9.38. The largest absolute Gasteiger partial charge is 0.356 e. The number of hydrogen-bond donors (Lipinski definition) is 2. The van der Waals surface area contributed by atoms with E-state index in [2.05, 4.69) is 10.3 Å². The average molecular weight is 453 g/mol. The Hall–Kier alpha value is -1.87. The molecule has 9 heteroatoms. The van der Waals surface area contributed by atoms with Gasteiger partial charge in [0.05, 0.1) is 5.92 Å². The van der Waals surface area contributed by atoms with Crippen LogP contribution < -0.4 is 5.32 Å². The number of likely N-dealkylation sites (tertiary alicyclic amines) is 1. The summed E-state index contributed by atoms with van der Waals surface area (Å²) in [5.74, 6) is -0.620. The highest BCUT2D eigenvalue weighted by atomic mass is 32.2. The van der Waals surface area contributed by atoms with E-state index >= 15 is 0 Å². The van der Waals surface area contributed by atoms with Crippen molar-refractivity contribution in [2.75, 3.05) is 26.2 Å². The lowest BCUT2D eigenvalue weighted by atomic mass is 9.95. The van der Waals surface area contributed by atoms with Gasteiger partial charge in [0.15, 0.2) is 0 Å². The molecule has 1 aromatic rings. The van der Waals surface area contributed by atoms with Gasteiger partial charge < -0.3 is 15.2 Å². The summed E-state index contributed by atoms with van der Waals surface area (Å²) < 4.78 is 27.8. The van der Waals surface area contributed by atoms with E-state index in [0.29, 0.717) is 38.2 Å². The Balaban J connectivity index is 1.70. The fourth-order valence-corrected chi connectivity index (χ4v) is 5.66. The monoisotopic (exact) mass is 452 g/mol. The first-order chi connectivity index (χ1) is 14.6. The molecule has 1 aromatic heterocycles. The zero-order valence-electron chi connectivity index (χ0n) is 18.9. The number of sulfonamides is 1. The Bertz CT molecular complexity index is 885. The molecule has 2 saturated heterocycles.